The van der Waals surface area contributed by atoms with Crippen LogP contribution in [-0.4, -0.2) is 7.11 Å². The molecule has 0 aromatic rings. The summed E-state index contributed by atoms with van der Waals surface area (Å²) in [5, 5.41) is 0. The molecule has 0 aromatic carbocycles. The number of rotatable bonds is 3. The Bertz CT molecular complexity index is 143. The maximum atomic E-state index is 5.06. The van der Waals surface area contributed by atoms with Crippen LogP contribution in [0.25, 0.3) is 0 Å². The molecule has 0 atom stereocenters. The highest BCUT2D eigenvalue weighted by atomic mass is 16.5. The second-order valence-corrected chi connectivity index (χ2v) is 2.24. The zero-order valence-electron chi connectivity index (χ0n) is 7.27. The largest absolute Gasteiger partial charge is 0.497 e. The molecule has 0 saturated heterocycles. The third-order valence-corrected chi connectivity index (χ3v) is 1.47. The van der Waals surface area contributed by atoms with Gasteiger partial charge in [0.25, 0.3) is 0 Å². The molecule has 0 saturated carbocycles. The monoisotopic (exact) mass is 140 g/mol. The first kappa shape index (κ1) is 9.28. The molecule has 0 heterocycles. The van der Waals surface area contributed by atoms with Gasteiger partial charge in [0.05, 0.1) is 7.11 Å². The Balaban J connectivity index is 4.08. The van der Waals surface area contributed by atoms with Crippen LogP contribution in [0.15, 0.2) is 23.5 Å². The second kappa shape index (κ2) is 5.10. The molecule has 0 aliphatic carbocycles. The van der Waals surface area contributed by atoms with E-state index in [1.165, 1.54) is 5.57 Å². The summed E-state index contributed by atoms with van der Waals surface area (Å²) in [4.78, 5) is 0. The first-order chi connectivity index (χ1) is 4.74. The number of allylic oxidation sites excluding steroid dienone is 3. The zero-order chi connectivity index (χ0) is 7.98. The van der Waals surface area contributed by atoms with E-state index in [1.807, 2.05) is 13.0 Å². The van der Waals surface area contributed by atoms with Crippen molar-refractivity contribution in [2.24, 2.45) is 0 Å². The van der Waals surface area contributed by atoms with Gasteiger partial charge >= 0.3 is 0 Å². The van der Waals surface area contributed by atoms with Crippen molar-refractivity contribution in [3.05, 3.63) is 23.5 Å². The maximum Gasteiger partial charge on any atom is 0.114 e. The van der Waals surface area contributed by atoms with Gasteiger partial charge in [0, 0.05) is 0 Å². The van der Waals surface area contributed by atoms with E-state index >= 15 is 0 Å². The van der Waals surface area contributed by atoms with E-state index in [-0.39, 0.29) is 0 Å². The summed E-state index contributed by atoms with van der Waals surface area (Å²) in [6.45, 7) is 6.20. The minimum atomic E-state index is 0.944. The van der Waals surface area contributed by atoms with E-state index in [1.54, 1.807) is 7.11 Å². The summed E-state index contributed by atoms with van der Waals surface area (Å²) in [5.41, 5.74) is 1.34. The Morgan fingerprint density at radius 3 is 2.40 bits per heavy atom. The van der Waals surface area contributed by atoms with Gasteiger partial charge in [-0.05, 0) is 32.4 Å². The van der Waals surface area contributed by atoms with Crippen molar-refractivity contribution in [2.75, 3.05) is 7.11 Å². The van der Waals surface area contributed by atoms with Crippen molar-refractivity contribution >= 4 is 0 Å². The maximum absolute atomic E-state index is 5.06. The van der Waals surface area contributed by atoms with Crippen LogP contribution in [-0.2, 0) is 4.74 Å². The molecule has 0 aromatic heterocycles. The fourth-order valence-electron chi connectivity index (χ4n) is 0.605. The van der Waals surface area contributed by atoms with Crippen LogP contribution in [0, 0.1) is 0 Å². The third kappa shape index (κ3) is 3.33. The first-order valence-corrected chi connectivity index (χ1v) is 3.62. The molecule has 0 radical (unpaired) electrons. The average molecular weight is 140 g/mol. The summed E-state index contributed by atoms with van der Waals surface area (Å²) in [6.07, 6.45) is 5.10. The van der Waals surface area contributed by atoms with Crippen LogP contribution in [0.5, 0.6) is 0 Å². The lowest BCUT2D eigenvalue weighted by atomic mass is 10.2. The number of methoxy groups -OCH3 is 1. The van der Waals surface area contributed by atoms with E-state index in [0.717, 1.165) is 12.2 Å². The normalized spacial score (nSPS) is 13.6. The minimum Gasteiger partial charge on any atom is -0.497 e. The van der Waals surface area contributed by atoms with Crippen molar-refractivity contribution in [1.29, 1.82) is 0 Å². The van der Waals surface area contributed by atoms with Gasteiger partial charge in [-0.15, -0.1) is 0 Å². The zero-order valence-corrected chi connectivity index (χ0v) is 7.27. The van der Waals surface area contributed by atoms with Gasteiger partial charge in [-0.25, -0.2) is 0 Å². The Morgan fingerprint density at radius 1 is 1.50 bits per heavy atom. The molecular weight excluding hydrogens is 124 g/mol. The van der Waals surface area contributed by atoms with Gasteiger partial charge < -0.3 is 4.74 Å². The Hall–Kier alpha value is -0.720. The molecular formula is C9H16O. The van der Waals surface area contributed by atoms with E-state index in [4.69, 9.17) is 4.74 Å². The standard InChI is InChI=1S/C9H16O/c1-5-8(3)7-9(6-2)10-4/h6-7H,5H2,1-4H3/b8-7-,9-6+. The van der Waals surface area contributed by atoms with Gasteiger partial charge in [-0.3, -0.25) is 0 Å². The van der Waals surface area contributed by atoms with Crippen molar-refractivity contribution in [3.8, 4) is 0 Å². The van der Waals surface area contributed by atoms with Crippen molar-refractivity contribution in [1.82, 2.24) is 0 Å². The van der Waals surface area contributed by atoms with Crippen LogP contribution < -0.4 is 0 Å². The van der Waals surface area contributed by atoms with Gasteiger partial charge in [-0.1, -0.05) is 12.5 Å². The van der Waals surface area contributed by atoms with Gasteiger partial charge in [0.1, 0.15) is 5.76 Å². The van der Waals surface area contributed by atoms with Gasteiger partial charge in [-0.2, -0.15) is 0 Å². The van der Waals surface area contributed by atoms with Crippen molar-refractivity contribution in [3.63, 3.8) is 0 Å². The lowest BCUT2D eigenvalue weighted by Gasteiger charge is -2.00. The van der Waals surface area contributed by atoms with Crippen LogP contribution in [0.4, 0.5) is 0 Å². The molecule has 0 rings (SSSR count). The molecule has 0 fully saturated rings. The van der Waals surface area contributed by atoms with Gasteiger partial charge in [0.15, 0.2) is 0 Å². The molecule has 0 amide bonds. The number of hydrogen-bond acceptors (Lipinski definition) is 1. The van der Waals surface area contributed by atoms with Crippen molar-refractivity contribution < 1.29 is 4.74 Å². The molecule has 0 unspecified atom stereocenters. The van der Waals surface area contributed by atoms with E-state index in [0.29, 0.717) is 0 Å². The predicted octanol–water partition coefficient (Wildman–Crippen LogP) is 2.89. The summed E-state index contributed by atoms with van der Waals surface area (Å²) < 4.78 is 5.06. The summed E-state index contributed by atoms with van der Waals surface area (Å²) in [7, 11) is 1.69. The Labute approximate surface area is 63.4 Å². The fourth-order valence-corrected chi connectivity index (χ4v) is 0.605. The lowest BCUT2D eigenvalue weighted by Crippen LogP contribution is -1.82. The highest BCUT2D eigenvalue weighted by Gasteiger charge is 1.88. The molecule has 0 spiro atoms. The highest BCUT2D eigenvalue weighted by molar-refractivity contribution is 5.16. The van der Waals surface area contributed by atoms with E-state index < -0.39 is 0 Å². The third-order valence-electron chi connectivity index (χ3n) is 1.47. The average Bonchev–Trinajstić information content (AvgIpc) is 1.99. The van der Waals surface area contributed by atoms with Crippen molar-refractivity contribution in [2.45, 2.75) is 27.2 Å². The minimum absolute atomic E-state index is 0.944. The van der Waals surface area contributed by atoms with Crippen LogP contribution in [0.3, 0.4) is 0 Å². The quantitative estimate of drug-likeness (QED) is 0.432. The number of ether oxygens (including phenoxy) is 1. The first-order valence-electron chi connectivity index (χ1n) is 3.62. The smallest absolute Gasteiger partial charge is 0.114 e. The predicted molar refractivity (Wildman–Crippen MR) is 44.8 cm³/mol. The van der Waals surface area contributed by atoms with E-state index in [9.17, 15) is 0 Å². The molecule has 10 heavy (non-hydrogen) atoms. The fraction of sp³-hybridized carbons (Fsp3) is 0.556. The molecule has 0 N–H and O–H groups in total. The molecule has 1 nitrogen and oxygen atoms in total. The van der Waals surface area contributed by atoms with Crippen LogP contribution in [0.2, 0.25) is 0 Å². The molecule has 1 heteroatoms. The summed E-state index contributed by atoms with van der Waals surface area (Å²) in [5.74, 6) is 0.944. The van der Waals surface area contributed by atoms with Crippen LogP contribution >= 0.6 is 0 Å². The molecule has 0 aliphatic rings. The molecule has 0 bridgehead atoms. The van der Waals surface area contributed by atoms with E-state index in [2.05, 4.69) is 19.9 Å². The molecule has 58 valence electrons. The SMILES string of the molecule is C/C=C(\C=C(\C)CC)OC. The Kier molecular flexibility index (Phi) is 4.73. The molecule has 0 aliphatic heterocycles. The van der Waals surface area contributed by atoms with Crippen LogP contribution in [0.1, 0.15) is 27.2 Å². The summed E-state index contributed by atoms with van der Waals surface area (Å²) >= 11 is 0. The van der Waals surface area contributed by atoms with Gasteiger partial charge in [0.2, 0.25) is 0 Å². The Morgan fingerprint density at radius 2 is 2.10 bits per heavy atom. The lowest BCUT2D eigenvalue weighted by molar-refractivity contribution is 0.305. The number of hydrogen-bond donors (Lipinski definition) is 0. The topological polar surface area (TPSA) is 9.23 Å². The second-order valence-electron chi connectivity index (χ2n) is 2.24. The highest BCUT2D eigenvalue weighted by Crippen LogP contribution is 2.05. The summed E-state index contributed by atoms with van der Waals surface area (Å²) in [6, 6.07) is 0.